The lowest BCUT2D eigenvalue weighted by Crippen LogP contribution is -2.61. The highest BCUT2D eigenvalue weighted by molar-refractivity contribution is 7.80. The second-order valence-corrected chi connectivity index (χ2v) is 16.0. The summed E-state index contributed by atoms with van der Waals surface area (Å²) in [5.41, 5.74) is 1.01. The van der Waals surface area contributed by atoms with Crippen molar-refractivity contribution in [3.63, 3.8) is 0 Å². The summed E-state index contributed by atoms with van der Waals surface area (Å²) in [6, 6.07) is 4.13. The molecule has 2 aromatic heterocycles. The number of benzene rings is 1. The zero-order chi connectivity index (χ0) is 35.9. The van der Waals surface area contributed by atoms with E-state index in [4.69, 9.17) is 9.47 Å². The van der Waals surface area contributed by atoms with Gasteiger partial charge in [0.05, 0.1) is 48.4 Å². The van der Waals surface area contributed by atoms with E-state index in [-0.39, 0.29) is 46.9 Å². The van der Waals surface area contributed by atoms with Crippen molar-refractivity contribution in [3.05, 3.63) is 54.5 Å². The van der Waals surface area contributed by atoms with E-state index in [1.807, 2.05) is 38.6 Å². The van der Waals surface area contributed by atoms with Crippen LogP contribution in [-0.2, 0) is 16.0 Å². The van der Waals surface area contributed by atoms with Crippen molar-refractivity contribution >= 4 is 28.7 Å². The summed E-state index contributed by atoms with van der Waals surface area (Å²) in [7, 11) is 0. The highest BCUT2D eigenvalue weighted by Gasteiger charge is 2.46. The van der Waals surface area contributed by atoms with Crippen molar-refractivity contribution in [3.8, 4) is 11.5 Å². The summed E-state index contributed by atoms with van der Waals surface area (Å²) in [6.07, 6.45) is 12.7. The minimum atomic E-state index is -2.15. The molecule has 1 aliphatic carbocycles. The first kappa shape index (κ1) is 35.7. The quantitative estimate of drug-likeness (QED) is 0.246. The van der Waals surface area contributed by atoms with E-state index in [2.05, 4.69) is 24.9 Å². The van der Waals surface area contributed by atoms with Crippen LogP contribution in [0.2, 0.25) is 0 Å². The molecule has 1 amide bonds. The minimum Gasteiger partial charge on any atom is -0.451 e. The molecule has 0 bridgehead atoms. The zero-order valence-corrected chi connectivity index (χ0v) is 30.7. The number of nitrogens with zero attached hydrogens (tertiary/aromatic N) is 8. The number of hydrogen-bond donors (Lipinski definition) is 1. The molecule has 7 rings (SSSR count). The fourth-order valence-electron chi connectivity index (χ4n) is 7.96. The Morgan fingerprint density at radius 2 is 1.84 bits per heavy atom. The van der Waals surface area contributed by atoms with E-state index in [0.717, 1.165) is 71.2 Å². The Morgan fingerprint density at radius 3 is 2.49 bits per heavy atom. The number of likely N-dealkylation sites (tertiary alicyclic amines) is 1. The molecule has 3 saturated heterocycles. The van der Waals surface area contributed by atoms with Crippen LogP contribution in [0.15, 0.2) is 43.1 Å². The van der Waals surface area contributed by atoms with Crippen LogP contribution in [0.4, 0.5) is 15.9 Å². The SMILES string of the molecule is CC(C)N(C(=O)c1cc(F)ccc1Oc1cncnc1N1CC2(CCN(C[C@@H]3CC[C@@H](N(c4cnn(C5CC5)c4)S(=O)O)CO3)CC2)C1)C(C)C. The molecular weight excluding hydrogens is 676 g/mol. The number of ether oxygens (including phenoxy) is 2. The number of carbonyl (C=O) groups is 1. The third kappa shape index (κ3) is 7.76. The van der Waals surface area contributed by atoms with Gasteiger partial charge >= 0.3 is 0 Å². The minimum absolute atomic E-state index is 0.0695. The summed E-state index contributed by atoms with van der Waals surface area (Å²) in [6.45, 7) is 12.6. The molecule has 51 heavy (non-hydrogen) atoms. The molecule has 13 nitrogen and oxygen atoms in total. The van der Waals surface area contributed by atoms with Gasteiger partial charge in [0.15, 0.2) is 11.6 Å². The maximum atomic E-state index is 14.4. The Morgan fingerprint density at radius 1 is 1.10 bits per heavy atom. The molecule has 3 aliphatic heterocycles. The summed E-state index contributed by atoms with van der Waals surface area (Å²) in [5, 5.41) is 4.40. The summed E-state index contributed by atoms with van der Waals surface area (Å²) < 4.78 is 52.8. The van der Waals surface area contributed by atoms with Crippen LogP contribution in [0.5, 0.6) is 11.5 Å². The largest absolute Gasteiger partial charge is 0.451 e. The number of halogens is 1. The van der Waals surface area contributed by atoms with Crippen molar-refractivity contribution in [1.29, 1.82) is 0 Å². The van der Waals surface area contributed by atoms with Crippen molar-refractivity contribution in [2.45, 2.75) is 96.5 Å². The molecule has 15 heteroatoms. The molecule has 4 aliphatic rings. The number of anilines is 2. The first-order chi connectivity index (χ1) is 24.5. The monoisotopic (exact) mass is 724 g/mol. The average Bonchev–Trinajstić information content (AvgIpc) is 3.83. The van der Waals surface area contributed by atoms with Gasteiger partial charge in [0.2, 0.25) is 0 Å². The third-order valence-electron chi connectivity index (χ3n) is 10.7. The Labute approximate surface area is 301 Å². The Bertz CT molecular complexity index is 1700. The number of hydrogen-bond acceptors (Lipinski definition) is 9. The fourth-order valence-corrected chi connectivity index (χ4v) is 8.65. The Kier molecular flexibility index (Phi) is 10.3. The van der Waals surface area contributed by atoms with Gasteiger partial charge in [-0.15, -0.1) is 0 Å². The number of rotatable bonds is 12. The molecule has 1 aromatic carbocycles. The zero-order valence-electron chi connectivity index (χ0n) is 29.9. The Hall–Kier alpha value is -3.66. The summed E-state index contributed by atoms with van der Waals surface area (Å²) in [4.78, 5) is 28.7. The molecule has 276 valence electrons. The third-order valence-corrected chi connectivity index (χ3v) is 11.6. The molecular formula is C36H49FN8O5S. The molecule has 3 atom stereocenters. The van der Waals surface area contributed by atoms with Gasteiger partial charge in [0.1, 0.15) is 17.9 Å². The highest BCUT2D eigenvalue weighted by Crippen LogP contribution is 2.45. The second-order valence-electron chi connectivity index (χ2n) is 15.2. The number of piperidine rings is 1. The topological polar surface area (TPSA) is 129 Å². The van der Waals surface area contributed by atoms with Crippen LogP contribution < -0.4 is 13.9 Å². The van der Waals surface area contributed by atoms with Crippen molar-refractivity contribution < 1.29 is 27.4 Å². The normalized spacial score (nSPS) is 22.6. The molecule has 1 unspecified atom stereocenters. The van der Waals surface area contributed by atoms with Crippen molar-refractivity contribution in [2.75, 3.05) is 48.5 Å². The standard InChI is InChI=1S/C36H49FN8O5S/c1-24(2)44(25(3)4)35(46)31-15-26(37)5-10-32(31)50-33-17-38-23-39-34(33)42-21-36(22-42)11-13-41(14-12-36)19-30-9-8-28(20-49-30)45(51(47)48)29-16-40-43(18-29)27-6-7-27/h5,10,15-18,23-25,27-28,30H,6-9,11-14,19-22H2,1-4H3,(H,47,48)/t28-,30+/m1/s1. The van der Waals surface area contributed by atoms with Crippen LogP contribution in [0.3, 0.4) is 0 Å². The second kappa shape index (κ2) is 14.8. The van der Waals surface area contributed by atoms with E-state index in [1.54, 1.807) is 17.3 Å². The van der Waals surface area contributed by atoms with Crippen LogP contribution in [0.1, 0.15) is 82.6 Å². The van der Waals surface area contributed by atoms with E-state index >= 15 is 0 Å². The van der Waals surface area contributed by atoms with E-state index < -0.39 is 17.1 Å². The maximum absolute atomic E-state index is 14.4. The van der Waals surface area contributed by atoms with Gasteiger partial charge in [0, 0.05) is 43.3 Å². The van der Waals surface area contributed by atoms with E-state index in [0.29, 0.717) is 29.9 Å². The first-order valence-electron chi connectivity index (χ1n) is 18.1. The number of carbonyl (C=O) groups excluding carboxylic acids is 1. The predicted molar refractivity (Wildman–Crippen MR) is 192 cm³/mol. The summed E-state index contributed by atoms with van der Waals surface area (Å²) >= 11 is -2.15. The number of aromatic nitrogens is 4. The number of amides is 1. The molecule has 4 fully saturated rings. The van der Waals surface area contributed by atoms with E-state index in [9.17, 15) is 17.9 Å². The summed E-state index contributed by atoms with van der Waals surface area (Å²) in [5.74, 6) is 0.566. The lowest BCUT2D eigenvalue weighted by atomic mass is 9.72. The fraction of sp³-hybridized carbons (Fsp3) is 0.611. The van der Waals surface area contributed by atoms with Gasteiger partial charge in [0.25, 0.3) is 17.2 Å². The lowest BCUT2D eigenvalue weighted by Gasteiger charge is -2.54. The molecule has 1 N–H and O–H groups in total. The predicted octanol–water partition coefficient (Wildman–Crippen LogP) is 5.29. The Balaban J connectivity index is 0.919. The van der Waals surface area contributed by atoms with Gasteiger partial charge in [-0.1, -0.05) is 0 Å². The van der Waals surface area contributed by atoms with Gasteiger partial charge in [-0.3, -0.25) is 18.3 Å². The first-order valence-corrected chi connectivity index (χ1v) is 19.2. The van der Waals surface area contributed by atoms with Crippen LogP contribution >= 0.6 is 0 Å². The van der Waals surface area contributed by atoms with Gasteiger partial charge in [-0.25, -0.2) is 18.6 Å². The molecule has 1 spiro atoms. The maximum Gasteiger partial charge on any atom is 0.262 e. The molecule has 5 heterocycles. The lowest BCUT2D eigenvalue weighted by molar-refractivity contribution is -0.0270. The van der Waals surface area contributed by atoms with Gasteiger partial charge < -0.3 is 24.2 Å². The highest BCUT2D eigenvalue weighted by atomic mass is 32.2. The van der Waals surface area contributed by atoms with Crippen LogP contribution in [0.25, 0.3) is 0 Å². The van der Waals surface area contributed by atoms with Gasteiger partial charge in [-0.2, -0.15) is 5.10 Å². The van der Waals surface area contributed by atoms with Gasteiger partial charge in [-0.05, 0) is 97.5 Å². The molecule has 0 radical (unpaired) electrons. The molecule has 3 aromatic rings. The van der Waals surface area contributed by atoms with Crippen LogP contribution in [-0.4, -0.2) is 108 Å². The van der Waals surface area contributed by atoms with Crippen LogP contribution in [0, 0.1) is 11.2 Å². The van der Waals surface area contributed by atoms with E-state index in [1.165, 1.54) is 28.8 Å². The average molecular weight is 725 g/mol. The van der Waals surface area contributed by atoms with Crippen molar-refractivity contribution in [2.24, 2.45) is 5.41 Å². The molecule has 1 saturated carbocycles. The van der Waals surface area contributed by atoms with Crippen molar-refractivity contribution in [1.82, 2.24) is 29.5 Å². The smallest absolute Gasteiger partial charge is 0.262 e.